The van der Waals surface area contributed by atoms with E-state index in [1.807, 2.05) is 0 Å². The summed E-state index contributed by atoms with van der Waals surface area (Å²) in [6.07, 6.45) is 6.43. The van der Waals surface area contributed by atoms with Crippen LogP contribution < -0.4 is 0 Å². The van der Waals surface area contributed by atoms with Crippen molar-refractivity contribution in [3.63, 3.8) is 0 Å². The van der Waals surface area contributed by atoms with Crippen molar-refractivity contribution in [1.29, 1.82) is 0 Å². The third kappa shape index (κ3) is 2.47. The lowest BCUT2D eigenvalue weighted by Crippen LogP contribution is -2.04. The molecular formula is C14H19N. The van der Waals surface area contributed by atoms with Crippen LogP contribution in [0.5, 0.6) is 0 Å². The highest BCUT2D eigenvalue weighted by Crippen LogP contribution is 2.24. The largest absolute Gasteiger partial charge is 0.258 e. The Morgan fingerprint density at radius 2 is 1.73 bits per heavy atom. The Morgan fingerprint density at radius 3 is 2.47 bits per heavy atom. The van der Waals surface area contributed by atoms with Gasteiger partial charge in [0.05, 0.1) is 5.69 Å². The Hall–Kier alpha value is -1.11. The molecule has 0 saturated heterocycles. The maximum atomic E-state index is 4.80. The van der Waals surface area contributed by atoms with Crippen molar-refractivity contribution >= 4 is 11.4 Å². The van der Waals surface area contributed by atoms with Gasteiger partial charge in [0.25, 0.3) is 0 Å². The normalized spacial score (nSPS) is 16.5. The first-order valence-electron chi connectivity index (χ1n) is 5.90. The van der Waals surface area contributed by atoms with Crippen LogP contribution in [-0.4, -0.2) is 5.71 Å². The molecule has 2 rings (SSSR count). The molecule has 0 spiro atoms. The van der Waals surface area contributed by atoms with Crippen molar-refractivity contribution < 1.29 is 0 Å². The van der Waals surface area contributed by atoms with Crippen LogP contribution >= 0.6 is 0 Å². The van der Waals surface area contributed by atoms with E-state index in [0.717, 1.165) is 0 Å². The number of hydrogen-bond acceptors (Lipinski definition) is 1. The lowest BCUT2D eigenvalue weighted by Gasteiger charge is -2.13. The molecule has 1 aliphatic rings. The van der Waals surface area contributed by atoms with Crippen LogP contribution in [0.4, 0.5) is 5.69 Å². The summed E-state index contributed by atoms with van der Waals surface area (Å²) in [6.45, 7) is 4.32. The first-order chi connectivity index (χ1) is 7.27. The average Bonchev–Trinajstić information content (AvgIpc) is 2.26. The topological polar surface area (TPSA) is 12.4 Å². The number of benzene rings is 1. The van der Waals surface area contributed by atoms with Gasteiger partial charge in [0, 0.05) is 5.71 Å². The van der Waals surface area contributed by atoms with Crippen LogP contribution in [0, 0.1) is 13.8 Å². The van der Waals surface area contributed by atoms with Crippen molar-refractivity contribution in [3.05, 3.63) is 29.3 Å². The van der Waals surface area contributed by atoms with Crippen LogP contribution in [0.1, 0.15) is 43.2 Å². The smallest absolute Gasteiger partial charge is 0.0660 e. The van der Waals surface area contributed by atoms with Crippen molar-refractivity contribution in [2.75, 3.05) is 0 Å². The molecule has 0 N–H and O–H groups in total. The van der Waals surface area contributed by atoms with Gasteiger partial charge >= 0.3 is 0 Å². The molecule has 0 unspecified atom stereocenters. The zero-order valence-corrected chi connectivity index (χ0v) is 9.71. The van der Waals surface area contributed by atoms with Crippen LogP contribution in [0.3, 0.4) is 0 Å². The number of hydrogen-bond donors (Lipinski definition) is 0. The number of aryl methyl sites for hydroxylation is 1. The second-order valence-corrected chi connectivity index (χ2v) is 4.46. The molecule has 0 radical (unpaired) electrons. The first-order valence-corrected chi connectivity index (χ1v) is 5.90. The maximum Gasteiger partial charge on any atom is 0.0660 e. The Bertz CT molecular complexity index is 369. The van der Waals surface area contributed by atoms with Crippen molar-refractivity contribution in [2.24, 2.45) is 4.99 Å². The van der Waals surface area contributed by atoms with Crippen LogP contribution in [-0.2, 0) is 0 Å². The highest BCUT2D eigenvalue weighted by Gasteiger charge is 2.07. The predicted octanol–water partition coefficient (Wildman–Crippen LogP) is 4.34. The summed E-state index contributed by atoms with van der Waals surface area (Å²) in [7, 11) is 0. The predicted molar refractivity (Wildman–Crippen MR) is 66.1 cm³/mol. The zero-order chi connectivity index (χ0) is 10.7. The summed E-state index contributed by atoms with van der Waals surface area (Å²) in [5.74, 6) is 0. The highest BCUT2D eigenvalue weighted by molar-refractivity contribution is 5.87. The molecule has 0 atom stereocenters. The summed E-state index contributed by atoms with van der Waals surface area (Å²) < 4.78 is 0. The average molecular weight is 201 g/mol. The Morgan fingerprint density at radius 1 is 1.00 bits per heavy atom. The summed E-state index contributed by atoms with van der Waals surface area (Å²) in [6, 6.07) is 6.38. The Kier molecular flexibility index (Phi) is 3.20. The second-order valence-electron chi connectivity index (χ2n) is 4.46. The van der Waals surface area contributed by atoms with Gasteiger partial charge in [0.1, 0.15) is 0 Å². The van der Waals surface area contributed by atoms with Gasteiger partial charge in [-0.2, -0.15) is 0 Å². The van der Waals surface area contributed by atoms with Crippen molar-refractivity contribution in [3.8, 4) is 0 Å². The number of aliphatic imine (C=N–C) groups is 1. The van der Waals surface area contributed by atoms with Gasteiger partial charge in [-0.05, 0) is 56.7 Å². The van der Waals surface area contributed by atoms with Gasteiger partial charge < -0.3 is 0 Å². The highest BCUT2D eigenvalue weighted by atomic mass is 14.8. The van der Waals surface area contributed by atoms with E-state index in [2.05, 4.69) is 32.0 Å². The molecule has 1 aliphatic carbocycles. The molecule has 0 aromatic heterocycles. The summed E-state index contributed by atoms with van der Waals surface area (Å²) in [5.41, 5.74) is 5.24. The van der Waals surface area contributed by atoms with E-state index < -0.39 is 0 Å². The van der Waals surface area contributed by atoms with Gasteiger partial charge in [0.2, 0.25) is 0 Å². The summed E-state index contributed by atoms with van der Waals surface area (Å²) in [4.78, 5) is 4.80. The van der Waals surface area contributed by atoms with Gasteiger partial charge in [-0.3, -0.25) is 4.99 Å². The molecule has 1 aromatic rings. The molecule has 80 valence electrons. The number of rotatable bonds is 1. The monoisotopic (exact) mass is 201 g/mol. The van der Waals surface area contributed by atoms with Gasteiger partial charge in [-0.25, -0.2) is 0 Å². The van der Waals surface area contributed by atoms with Gasteiger partial charge in [-0.15, -0.1) is 0 Å². The lowest BCUT2D eigenvalue weighted by molar-refractivity contribution is 0.667. The van der Waals surface area contributed by atoms with Crippen LogP contribution in [0.15, 0.2) is 23.2 Å². The van der Waals surface area contributed by atoms with Gasteiger partial charge in [-0.1, -0.05) is 18.6 Å². The molecule has 1 saturated carbocycles. The third-order valence-corrected chi connectivity index (χ3v) is 3.29. The van der Waals surface area contributed by atoms with E-state index in [-0.39, 0.29) is 0 Å². The quantitative estimate of drug-likeness (QED) is 0.641. The zero-order valence-electron chi connectivity index (χ0n) is 9.71. The van der Waals surface area contributed by atoms with Crippen LogP contribution in [0.2, 0.25) is 0 Å². The molecule has 15 heavy (non-hydrogen) atoms. The van der Waals surface area contributed by atoms with E-state index in [1.165, 1.54) is 54.6 Å². The fraction of sp³-hybridized carbons (Fsp3) is 0.500. The molecule has 0 aliphatic heterocycles. The molecule has 1 aromatic carbocycles. The lowest BCUT2D eigenvalue weighted by atomic mass is 9.98. The minimum atomic E-state index is 1.17. The van der Waals surface area contributed by atoms with Gasteiger partial charge in [0.15, 0.2) is 0 Å². The summed E-state index contributed by atoms with van der Waals surface area (Å²) >= 11 is 0. The van der Waals surface area contributed by atoms with E-state index in [0.29, 0.717) is 0 Å². The molecule has 0 heterocycles. The fourth-order valence-electron chi connectivity index (χ4n) is 2.10. The van der Waals surface area contributed by atoms with E-state index >= 15 is 0 Å². The minimum Gasteiger partial charge on any atom is -0.258 e. The van der Waals surface area contributed by atoms with Crippen molar-refractivity contribution in [1.82, 2.24) is 0 Å². The third-order valence-electron chi connectivity index (χ3n) is 3.29. The fourth-order valence-corrected chi connectivity index (χ4v) is 2.10. The molecule has 0 amide bonds. The SMILES string of the molecule is Cc1cccc(N=C2CCCCC2)c1C. The number of nitrogens with zero attached hydrogens (tertiary/aromatic N) is 1. The Balaban J connectivity index is 2.25. The molecule has 1 fully saturated rings. The molecule has 1 heteroatoms. The van der Waals surface area contributed by atoms with Crippen molar-refractivity contribution in [2.45, 2.75) is 46.0 Å². The Labute approximate surface area is 92.2 Å². The van der Waals surface area contributed by atoms with E-state index in [1.54, 1.807) is 0 Å². The van der Waals surface area contributed by atoms with E-state index in [4.69, 9.17) is 4.99 Å². The second kappa shape index (κ2) is 4.61. The summed E-state index contributed by atoms with van der Waals surface area (Å²) in [5, 5.41) is 0. The first kappa shape index (κ1) is 10.4. The molecular weight excluding hydrogens is 182 g/mol. The maximum absolute atomic E-state index is 4.80. The standard InChI is InChI=1S/C14H19N/c1-11-7-6-10-14(12(11)2)15-13-8-4-3-5-9-13/h6-7,10H,3-5,8-9H2,1-2H3. The van der Waals surface area contributed by atoms with Crippen LogP contribution in [0.25, 0.3) is 0 Å². The molecule has 0 bridgehead atoms. The minimum absolute atomic E-state index is 1.17. The molecule has 1 nitrogen and oxygen atoms in total. The van der Waals surface area contributed by atoms with E-state index in [9.17, 15) is 0 Å².